The molecule has 0 aliphatic rings. The van der Waals surface area contributed by atoms with Gasteiger partial charge in [0.05, 0.1) is 0 Å². The van der Waals surface area contributed by atoms with Crippen LogP contribution in [-0.4, -0.2) is 0 Å². The molecule has 16 heavy (non-hydrogen) atoms. The zero-order valence-corrected chi connectivity index (χ0v) is 9.20. The third-order valence-electron chi connectivity index (χ3n) is 2.64. The molecule has 0 heterocycles. The van der Waals surface area contributed by atoms with Crippen LogP contribution in [0.15, 0.2) is 49.0 Å². The normalized spacial score (nSPS) is 10.1. The Bertz CT molecular complexity index is 509. The molecule has 0 amide bonds. The van der Waals surface area contributed by atoms with E-state index in [0.29, 0.717) is 5.56 Å². The molecule has 2 aromatic rings. The molecule has 0 aliphatic carbocycles. The van der Waals surface area contributed by atoms with Crippen molar-refractivity contribution in [2.24, 2.45) is 0 Å². The summed E-state index contributed by atoms with van der Waals surface area (Å²) in [6, 6.07) is 13.2. The lowest BCUT2D eigenvalue weighted by Crippen LogP contribution is -1.84. The Kier molecular flexibility index (Phi) is 2.86. The summed E-state index contributed by atoms with van der Waals surface area (Å²) in [7, 11) is 0. The van der Waals surface area contributed by atoms with Gasteiger partial charge in [-0.1, -0.05) is 43.0 Å². The first-order valence-electron chi connectivity index (χ1n) is 5.20. The molecule has 2 aromatic carbocycles. The average molecular weight is 212 g/mol. The summed E-state index contributed by atoms with van der Waals surface area (Å²) >= 11 is 0. The van der Waals surface area contributed by atoms with Crippen LogP contribution in [0.2, 0.25) is 0 Å². The molecule has 0 radical (unpaired) electrons. The highest BCUT2D eigenvalue weighted by Crippen LogP contribution is 2.22. The average Bonchev–Trinajstić information content (AvgIpc) is 2.33. The summed E-state index contributed by atoms with van der Waals surface area (Å²) in [6.07, 6.45) is 1.81. The first kappa shape index (κ1) is 10.6. The molecule has 0 bridgehead atoms. The Labute approximate surface area is 95.1 Å². The fraction of sp³-hybridized carbons (Fsp3) is 0.0667. The van der Waals surface area contributed by atoms with Crippen molar-refractivity contribution in [1.29, 1.82) is 0 Å². The molecule has 0 spiro atoms. The van der Waals surface area contributed by atoms with E-state index in [-0.39, 0.29) is 5.82 Å². The van der Waals surface area contributed by atoms with Crippen molar-refractivity contribution in [3.05, 3.63) is 66.0 Å². The molecule has 0 aromatic heterocycles. The smallest absolute Gasteiger partial charge is 0.126 e. The van der Waals surface area contributed by atoms with Crippen molar-refractivity contribution in [2.45, 2.75) is 6.92 Å². The van der Waals surface area contributed by atoms with Crippen molar-refractivity contribution < 1.29 is 4.39 Å². The molecule has 0 nitrogen and oxygen atoms in total. The molecule has 0 unspecified atom stereocenters. The maximum Gasteiger partial charge on any atom is 0.126 e. The van der Waals surface area contributed by atoms with Gasteiger partial charge in [0.2, 0.25) is 0 Å². The standard InChI is InChI=1S/C15H13F/c1-3-12-4-6-13(7-5-12)14-8-9-15(16)11(2)10-14/h3-10H,1H2,2H3. The highest BCUT2D eigenvalue weighted by molar-refractivity contribution is 5.66. The fourth-order valence-electron chi connectivity index (χ4n) is 1.64. The van der Waals surface area contributed by atoms with Gasteiger partial charge in [-0.15, -0.1) is 0 Å². The minimum Gasteiger partial charge on any atom is -0.207 e. The molecule has 0 saturated carbocycles. The van der Waals surface area contributed by atoms with Gasteiger partial charge in [0.25, 0.3) is 0 Å². The first-order valence-corrected chi connectivity index (χ1v) is 5.20. The second kappa shape index (κ2) is 4.31. The van der Waals surface area contributed by atoms with Crippen molar-refractivity contribution in [3.8, 4) is 11.1 Å². The molecule has 0 atom stereocenters. The number of rotatable bonds is 2. The van der Waals surface area contributed by atoms with Gasteiger partial charge < -0.3 is 0 Å². The Morgan fingerprint density at radius 3 is 2.19 bits per heavy atom. The first-order chi connectivity index (χ1) is 7.70. The molecular weight excluding hydrogens is 199 g/mol. The molecule has 2 rings (SSSR count). The maximum atomic E-state index is 13.1. The number of hydrogen-bond acceptors (Lipinski definition) is 0. The molecule has 0 N–H and O–H groups in total. The van der Waals surface area contributed by atoms with E-state index in [2.05, 4.69) is 6.58 Å². The van der Waals surface area contributed by atoms with Gasteiger partial charge in [-0.2, -0.15) is 0 Å². The Morgan fingerprint density at radius 2 is 1.62 bits per heavy atom. The van der Waals surface area contributed by atoms with E-state index >= 15 is 0 Å². The van der Waals surface area contributed by atoms with Gasteiger partial charge in [-0.25, -0.2) is 4.39 Å². The molecule has 0 fully saturated rings. The van der Waals surface area contributed by atoms with Gasteiger partial charge in [-0.3, -0.25) is 0 Å². The molecule has 0 aliphatic heterocycles. The maximum absolute atomic E-state index is 13.1. The number of halogens is 1. The summed E-state index contributed by atoms with van der Waals surface area (Å²) in [5, 5.41) is 0. The monoisotopic (exact) mass is 212 g/mol. The quantitative estimate of drug-likeness (QED) is 0.690. The van der Waals surface area contributed by atoms with Crippen LogP contribution in [0.1, 0.15) is 11.1 Å². The van der Waals surface area contributed by atoms with E-state index in [1.54, 1.807) is 19.1 Å². The van der Waals surface area contributed by atoms with Crippen LogP contribution >= 0.6 is 0 Å². The van der Waals surface area contributed by atoms with Crippen molar-refractivity contribution in [2.75, 3.05) is 0 Å². The zero-order valence-electron chi connectivity index (χ0n) is 9.20. The summed E-state index contributed by atoms with van der Waals surface area (Å²) in [5.41, 5.74) is 3.89. The summed E-state index contributed by atoms with van der Waals surface area (Å²) in [5.74, 6) is -0.161. The van der Waals surface area contributed by atoms with Gasteiger partial charge in [0, 0.05) is 0 Å². The van der Waals surface area contributed by atoms with Crippen LogP contribution in [0.3, 0.4) is 0 Å². The lowest BCUT2D eigenvalue weighted by molar-refractivity contribution is 0.619. The fourth-order valence-corrected chi connectivity index (χ4v) is 1.64. The van der Waals surface area contributed by atoms with Crippen LogP contribution in [0.5, 0.6) is 0 Å². The largest absolute Gasteiger partial charge is 0.207 e. The summed E-state index contributed by atoms with van der Waals surface area (Å²) in [4.78, 5) is 0. The lowest BCUT2D eigenvalue weighted by atomic mass is 10.0. The molecule has 0 saturated heterocycles. The van der Waals surface area contributed by atoms with E-state index < -0.39 is 0 Å². The number of hydrogen-bond donors (Lipinski definition) is 0. The minimum atomic E-state index is -0.161. The van der Waals surface area contributed by atoms with E-state index in [1.165, 1.54) is 6.07 Å². The van der Waals surface area contributed by atoms with Gasteiger partial charge in [0.15, 0.2) is 0 Å². The second-order valence-corrected chi connectivity index (χ2v) is 3.79. The lowest BCUT2D eigenvalue weighted by Gasteiger charge is -2.04. The predicted octanol–water partition coefficient (Wildman–Crippen LogP) is 4.44. The van der Waals surface area contributed by atoms with Crippen molar-refractivity contribution >= 4 is 6.08 Å². The molecule has 1 heteroatoms. The van der Waals surface area contributed by atoms with E-state index in [1.807, 2.05) is 30.3 Å². The predicted molar refractivity (Wildman–Crippen MR) is 66.7 cm³/mol. The van der Waals surface area contributed by atoms with Crippen LogP contribution in [0.4, 0.5) is 4.39 Å². The number of benzene rings is 2. The van der Waals surface area contributed by atoms with Gasteiger partial charge in [0.1, 0.15) is 5.82 Å². The third-order valence-corrected chi connectivity index (χ3v) is 2.64. The second-order valence-electron chi connectivity index (χ2n) is 3.79. The third kappa shape index (κ3) is 2.03. The highest BCUT2D eigenvalue weighted by atomic mass is 19.1. The molecule has 80 valence electrons. The number of aryl methyl sites for hydroxylation is 1. The Balaban J connectivity index is 2.42. The SMILES string of the molecule is C=Cc1ccc(-c2ccc(F)c(C)c2)cc1. The van der Waals surface area contributed by atoms with E-state index in [4.69, 9.17) is 0 Å². The van der Waals surface area contributed by atoms with Gasteiger partial charge in [-0.05, 0) is 41.3 Å². The van der Waals surface area contributed by atoms with Crippen LogP contribution in [0, 0.1) is 12.7 Å². The van der Waals surface area contributed by atoms with Crippen LogP contribution in [-0.2, 0) is 0 Å². The zero-order chi connectivity index (χ0) is 11.5. The Hall–Kier alpha value is -1.89. The van der Waals surface area contributed by atoms with Crippen LogP contribution < -0.4 is 0 Å². The minimum absolute atomic E-state index is 0.161. The molecular formula is C15H13F. The highest BCUT2D eigenvalue weighted by Gasteiger charge is 2.01. The van der Waals surface area contributed by atoms with Gasteiger partial charge >= 0.3 is 0 Å². The van der Waals surface area contributed by atoms with E-state index in [0.717, 1.165) is 16.7 Å². The Morgan fingerprint density at radius 1 is 1.00 bits per heavy atom. The van der Waals surface area contributed by atoms with Crippen molar-refractivity contribution in [3.63, 3.8) is 0 Å². The van der Waals surface area contributed by atoms with Crippen molar-refractivity contribution in [1.82, 2.24) is 0 Å². The summed E-state index contributed by atoms with van der Waals surface area (Å²) < 4.78 is 13.1. The van der Waals surface area contributed by atoms with E-state index in [9.17, 15) is 4.39 Å². The summed E-state index contributed by atoms with van der Waals surface area (Å²) in [6.45, 7) is 5.48. The topological polar surface area (TPSA) is 0 Å². The van der Waals surface area contributed by atoms with Crippen LogP contribution in [0.25, 0.3) is 17.2 Å².